The van der Waals surface area contributed by atoms with Gasteiger partial charge in [-0.15, -0.1) is 0 Å². The second-order valence-electron chi connectivity index (χ2n) is 4.90. The highest BCUT2D eigenvalue weighted by atomic mass is 16.3. The Hall–Kier alpha value is -1.90. The van der Waals surface area contributed by atoms with Crippen molar-refractivity contribution in [3.63, 3.8) is 0 Å². The van der Waals surface area contributed by atoms with E-state index in [1.807, 2.05) is 11.0 Å². The number of nitrogens with two attached hydrogens (primary N) is 1. The van der Waals surface area contributed by atoms with E-state index in [1.54, 1.807) is 24.3 Å². The monoisotopic (exact) mass is 259 g/mol. The highest BCUT2D eigenvalue weighted by Gasteiger charge is 2.27. The number of nitrogens with zero attached hydrogens (tertiary/aromatic N) is 2. The Morgan fingerprint density at radius 3 is 2.74 bits per heavy atom. The first kappa shape index (κ1) is 13.5. The molecule has 0 saturated carbocycles. The number of nitriles is 1. The van der Waals surface area contributed by atoms with Gasteiger partial charge in [0, 0.05) is 13.1 Å². The second-order valence-corrected chi connectivity index (χ2v) is 4.90. The number of amides is 1. The third-order valence-corrected chi connectivity index (χ3v) is 3.53. The largest absolute Gasteiger partial charge is 0.387 e. The van der Waals surface area contributed by atoms with Gasteiger partial charge >= 0.3 is 0 Å². The Bertz CT molecular complexity index is 492. The molecule has 2 atom stereocenters. The molecule has 1 fully saturated rings. The van der Waals surface area contributed by atoms with Crippen LogP contribution in [0, 0.1) is 17.2 Å². The normalized spacial score (nSPS) is 20.9. The van der Waals surface area contributed by atoms with Gasteiger partial charge in [0.15, 0.2) is 0 Å². The number of carbonyl (C=O) groups is 1. The molecule has 1 aliphatic rings. The molecule has 0 bridgehead atoms. The van der Waals surface area contributed by atoms with Gasteiger partial charge < -0.3 is 10.8 Å². The van der Waals surface area contributed by atoms with Crippen LogP contribution in [0.4, 0.5) is 0 Å². The lowest BCUT2D eigenvalue weighted by atomic mass is 10.1. The number of benzene rings is 1. The van der Waals surface area contributed by atoms with Gasteiger partial charge in [0.2, 0.25) is 5.91 Å². The Balaban J connectivity index is 1.92. The SMILES string of the molecule is N#Cc1ccc(C(O)CN2CCC(C(N)=O)C2)cc1. The summed E-state index contributed by atoms with van der Waals surface area (Å²) in [7, 11) is 0. The maximum absolute atomic E-state index is 11.1. The Morgan fingerprint density at radius 2 is 2.21 bits per heavy atom. The molecule has 1 amide bonds. The number of β-amino-alcohol motifs (C(OH)–C–C–N with tert-alkyl or cyclic N) is 1. The fraction of sp³-hybridized carbons (Fsp3) is 0.429. The smallest absolute Gasteiger partial charge is 0.221 e. The molecule has 1 saturated heterocycles. The van der Waals surface area contributed by atoms with Crippen molar-refractivity contribution in [2.45, 2.75) is 12.5 Å². The van der Waals surface area contributed by atoms with Crippen LogP contribution in [0.2, 0.25) is 0 Å². The molecule has 5 heteroatoms. The topological polar surface area (TPSA) is 90.3 Å². The van der Waals surface area contributed by atoms with Crippen LogP contribution in [0.25, 0.3) is 0 Å². The van der Waals surface area contributed by atoms with E-state index in [9.17, 15) is 9.90 Å². The number of rotatable bonds is 4. The lowest BCUT2D eigenvalue weighted by molar-refractivity contribution is -0.121. The molecule has 0 aromatic heterocycles. The van der Waals surface area contributed by atoms with Crippen molar-refractivity contribution in [1.82, 2.24) is 4.90 Å². The lowest BCUT2D eigenvalue weighted by Gasteiger charge is -2.20. The molecule has 0 aliphatic carbocycles. The van der Waals surface area contributed by atoms with Gasteiger partial charge in [-0.3, -0.25) is 9.69 Å². The minimum Gasteiger partial charge on any atom is -0.387 e. The van der Waals surface area contributed by atoms with E-state index >= 15 is 0 Å². The molecule has 5 nitrogen and oxygen atoms in total. The van der Waals surface area contributed by atoms with Crippen molar-refractivity contribution in [3.8, 4) is 6.07 Å². The van der Waals surface area contributed by atoms with Crippen LogP contribution in [0.3, 0.4) is 0 Å². The van der Waals surface area contributed by atoms with Crippen molar-refractivity contribution >= 4 is 5.91 Å². The molecule has 0 radical (unpaired) electrons. The quantitative estimate of drug-likeness (QED) is 0.819. The van der Waals surface area contributed by atoms with Crippen molar-refractivity contribution in [2.75, 3.05) is 19.6 Å². The summed E-state index contributed by atoms with van der Waals surface area (Å²) in [4.78, 5) is 13.1. The van der Waals surface area contributed by atoms with Crippen molar-refractivity contribution in [3.05, 3.63) is 35.4 Å². The second kappa shape index (κ2) is 5.83. The standard InChI is InChI=1S/C14H17N3O2/c15-7-10-1-3-11(4-2-10)13(18)9-17-6-5-12(8-17)14(16)19/h1-4,12-13,18H,5-6,8-9H2,(H2,16,19). The number of hydrogen-bond acceptors (Lipinski definition) is 4. The number of likely N-dealkylation sites (tertiary alicyclic amines) is 1. The van der Waals surface area contributed by atoms with Gasteiger partial charge in [-0.25, -0.2) is 0 Å². The number of carbonyl (C=O) groups excluding carboxylic acids is 1. The van der Waals surface area contributed by atoms with Crippen molar-refractivity contribution < 1.29 is 9.90 Å². The molecule has 1 aromatic carbocycles. The van der Waals surface area contributed by atoms with E-state index < -0.39 is 6.10 Å². The van der Waals surface area contributed by atoms with Gasteiger partial charge in [-0.2, -0.15) is 5.26 Å². The molecule has 100 valence electrons. The minimum atomic E-state index is -0.612. The first-order valence-corrected chi connectivity index (χ1v) is 6.30. The fourth-order valence-electron chi connectivity index (χ4n) is 2.36. The number of aliphatic hydroxyl groups excluding tert-OH is 1. The molecule has 2 rings (SSSR count). The van der Waals surface area contributed by atoms with Crippen molar-refractivity contribution in [1.29, 1.82) is 5.26 Å². The third kappa shape index (κ3) is 3.31. The van der Waals surface area contributed by atoms with E-state index in [0.29, 0.717) is 18.7 Å². The van der Waals surface area contributed by atoms with E-state index in [4.69, 9.17) is 11.0 Å². The molecule has 0 spiro atoms. The van der Waals surface area contributed by atoms with Gasteiger partial charge in [0.25, 0.3) is 0 Å². The van der Waals surface area contributed by atoms with E-state index in [0.717, 1.165) is 18.5 Å². The van der Waals surface area contributed by atoms with E-state index in [1.165, 1.54) is 0 Å². The summed E-state index contributed by atoms with van der Waals surface area (Å²) in [6.45, 7) is 1.87. The highest BCUT2D eigenvalue weighted by Crippen LogP contribution is 2.20. The van der Waals surface area contributed by atoms with Crippen LogP contribution < -0.4 is 5.73 Å². The van der Waals surface area contributed by atoms with Crippen LogP contribution in [-0.4, -0.2) is 35.5 Å². The van der Waals surface area contributed by atoms with Gasteiger partial charge in [0.05, 0.1) is 23.7 Å². The Morgan fingerprint density at radius 1 is 1.53 bits per heavy atom. The van der Waals surface area contributed by atoms with Gasteiger partial charge in [0.1, 0.15) is 0 Å². The Kier molecular flexibility index (Phi) is 4.15. The van der Waals surface area contributed by atoms with Crippen LogP contribution >= 0.6 is 0 Å². The Labute approximate surface area is 112 Å². The zero-order valence-corrected chi connectivity index (χ0v) is 10.6. The maximum atomic E-state index is 11.1. The molecular weight excluding hydrogens is 242 g/mol. The van der Waals surface area contributed by atoms with E-state index in [2.05, 4.69) is 0 Å². The molecule has 1 aliphatic heterocycles. The van der Waals surface area contributed by atoms with Crippen LogP contribution in [0.5, 0.6) is 0 Å². The van der Waals surface area contributed by atoms with Gasteiger partial charge in [-0.1, -0.05) is 12.1 Å². The minimum absolute atomic E-state index is 0.104. The zero-order valence-electron chi connectivity index (χ0n) is 10.6. The third-order valence-electron chi connectivity index (χ3n) is 3.53. The summed E-state index contributed by atoms with van der Waals surface area (Å²) in [5.41, 5.74) is 6.63. The molecule has 1 aromatic rings. The first-order chi connectivity index (χ1) is 9.10. The lowest BCUT2D eigenvalue weighted by Crippen LogP contribution is -2.30. The van der Waals surface area contributed by atoms with Crippen molar-refractivity contribution in [2.24, 2.45) is 11.7 Å². The number of hydrogen-bond donors (Lipinski definition) is 2. The summed E-state index contributed by atoms with van der Waals surface area (Å²) >= 11 is 0. The highest BCUT2D eigenvalue weighted by molar-refractivity contribution is 5.77. The predicted molar refractivity (Wildman–Crippen MR) is 69.9 cm³/mol. The maximum Gasteiger partial charge on any atom is 0.221 e. The molecule has 19 heavy (non-hydrogen) atoms. The summed E-state index contributed by atoms with van der Waals surface area (Å²) in [6, 6.07) is 8.93. The van der Waals surface area contributed by atoms with Gasteiger partial charge in [-0.05, 0) is 30.7 Å². The van der Waals surface area contributed by atoms with Crippen LogP contribution in [-0.2, 0) is 4.79 Å². The predicted octanol–water partition coefficient (Wildman–Crippen LogP) is 0.399. The molecule has 3 N–H and O–H groups in total. The fourth-order valence-corrected chi connectivity index (χ4v) is 2.36. The summed E-state index contributed by atoms with van der Waals surface area (Å²) in [6.07, 6.45) is 0.148. The number of aliphatic hydroxyl groups is 1. The average Bonchev–Trinajstić information content (AvgIpc) is 2.87. The molecule has 1 heterocycles. The first-order valence-electron chi connectivity index (χ1n) is 6.30. The summed E-state index contributed by atoms with van der Waals surface area (Å²) < 4.78 is 0. The summed E-state index contributed by atoms with van der Waals surface area (Å²) in [5.74, 6) is -0.372. The summed E-state index contributed by atoms with van der Waals surface area (Å²) in [5, 5.41) is 18.8. The average molecular weight is 259 g/mol. The number of primary amides is 1. The molecular formula is C14H17N3O2. The zero-order chi connectivity index (χ0) is 13.8. The molecule has 2 unspecified atom stereocenters. The van der Waals surface area contributed by atoms with E-state index in [-0.39, 0.29) is 11.8 Å². The van der Waals surface area contributed by atoms with Crippen LogP contribution in [0.15, 0.2) is 24.3 Å². The van der Waals surface area contributed by atoms with Crippen LogP contribution in [0.1, 0.15) is 23.7 Å².